The van der Waals surface area contributed by atoms with Gasteiger partial charge in [-0.2, -0.15) is 0 Å². The second-order valence-corrected chi connectivity index (χ2v) is 6.58. The van der Waals surface area contributed by atoms with Crippen LogP contribution in [0.15, 0.2) is 90.9 Å². The Kier molecular flexibility index (Phi) is 7.26. The van der Waals surface area contributed by atoms with Crippen molar-refractivity contribution in [1.29, 1.82) is 0 Å². The molecule has 0 radical (unpaired) electrons. The van der Waals surface area contributed by atoms with Gasteiger partial charge in [-0.05, 0) is 48.5 Å². The second-order valence-electron chi connectivity index (χ2n) is 6.58. The van der Waals surface area contributed by atoms with E-state index in [4.69, 9.17) is 15.2 Å². The first-order valence-electron chi connectivity index (χ1n) is 9.60. The number of rotatable bonds is 8. The van der Waals surface area contributed by atoms with Gasteiger partial charge in [-0.15, -0.1) is 0 Å². The average Bonchev–Trinajstić information content (AvgIpc) is 2.78. The molecule has 3 aromatic rings. The summed E-state index contributed by atoms with van der Waals surface area (Å²) in [6.45, 7) is 1.54. The van der Waals surface area contributed by atoms with E-state index in [-0.39, 0.29) is 12.5 Å². The van der Waals surface area contributed by atoms with Crippen LogP contribution >= 0.6 is 0 Å². The fourth-order valence-electron chi connectivity index (χ4n) is 2.65. The molecule has 0 aliphatic rings. The highest BCUT2D eigenvalue weighted by Crippen LogP contribution is 2.19. The third kappa shape index (κ3) is 6.64. The van der Waals surface area contributed by atoms with Crippen molar-refractivity contribution in [3.63, 3.8) is 0 Å². The van der Waals surface area contributed by atoms with Crippen LogP contribution in [0.2, 0.25) is 0 Å². The number of benzene rings is 3. The second kappa shape index (κ2) is 10.5. The molecule has 158 valence electrons. The quantitative estimate of drug-likeness (QED) is 0.285. The summed E-state index contributed by atoms with van der Waals surface area (Å²) in [6.07, 6.45) is 1.38. The molecule has 0 atom stereocenters. The van der Waals surface area contributed by atoms with Crippen molar-refractivity contribution in [2.24, 2.45) is 0 Å². The molecule has 0 aromatic heterocycles. The molecule has 7 heteroatoms. The van der Waals surface area contributed by atoms with Gasteiger partial charge in [-0.1, -0.05) is 30.3 Å². The number of nitrogens with one attached hydrogen (secondary N) is 2. The molecular formula is C24H23N3O4. The number of amides is 1. The van der Waals surface area contributed by atoms with E-state index in [9.17, 15) is 9.59 Å². The van der Waals surface area contributed by atoms with Crippen molar-refractivity contribution in [2.45, 2.75) is 6.92 Å². The number of hydrogen-bond donors (Lipinski definition) is 3. The van der Waals surface area contributed by atoms with E-state index in [1.165, 1.54) is 13.2 Å². The van der Waals surface area contributed by atoms with Gasteiger partial charge in [0.2, 0.25) is 0 Å². The zero-order valence-electron chi connectivity index (χ0n) is 17.0. The molecule has 0 spiro atoms. The first kappa shape index (κ1) is 21.4. The molecule has 0 fully saturated rings. The highest BCUT2D eigenvalue weighted by molar-refractivity contribution is 6.05. The van der Waals surface area contributed by atoms with Gasteiger partial charge in [0.15, 0.2) is 5.76 Å². The molecule has 0 aliphatic heterocycles. The first-order valence-corrected chi connectivity index (χ1v) is 9.60. The number of ether oxygens (including phenoxy) is 2. The van der Waals surface area contributed by atoms with E-state index < -0.39 is 5.97 Å². The summed E-state index contributed by atoms with van der Waals surface area (Å²) in [5.74, 6) is 0.234. The lowest BCUT2D eigenvalue weighted by atomic mass is 10.2. The zero-order chi connectivity index (χ0) is 22.1. The number of nitrogens with two attached hydrogens (primary N) is 1. The van der Waals surface area contributed by atoms with Crippen LogP contribution in [0.25, 0.3) is 0 Å². The minimum absolute atomic E-state index is 0.221. The normalized spacial score (nSPS) is 10.8. The van der Waals surface area contributed by atoms with Gasteiger partial charge in [0.1, 0.15) is 12.0 Å². The standard InChI is InChI=1S/C24H23N3O4/c1-17(28)31-21(16-30-20-7-3-2-4-8-20)15-26-19-13-11-18(12-14-19)24(29)27-23-10-6-5-9-22(23)25/h2-14,16,26H,15,25H2,1H3,(H,27,29)/b21-16-. The highest BCUT2D eigenvalue weighted by atomic mass is 16.6. The maximum atomic E-state index is 12.4. The molecular weight excluding hydrogens is 394 g/mol. The van der Waals surface area contributed by atoms with Crippen molar-refractivity contribution >= 4 is 28.9 Å². The molecule has 0 bridgehead atoms. The topological polar surface area (TPSA) is 103 Å². The Morgan fingerprint density at radius 3 is 2.29 bits per heavy atom. The van der Waals surface area contributed by atoms with Crippen LogP contribution in [0.5, 0.6) is 5.75 Å². The smallest absolute Gasteiger partial charge is 0.307 e. The lowest BCUT2D eigenvalue weighted by Crippen LogP contribution is -2.14. The molecule has 1 amide bonds. The predicted molar refractivity (Wildman–Crippen MR) is 121 cm³/mol. The van der Waals surface area contributed by atoms with E-state index in [0.717, 1.165) is 5.69 Å². The van der Waals surface area contributed by atoms with Gasteiger partial charge in [-0.25, -0.2) is 0 Å². The number of nitrogen functional groups attached to an aromatic ring is 1. The molecule has 7 nitrogen and oxygen atoms in total. The summed E-state index contributed by atoms with van der Waals surface area (Å²) < 4.78 is 10.7. The minimum atomic E-state index is -0.447. The SMILES string of the molecule is CC(=O)O/C(=C\Oc1ccccc1)CNc1ccc(C(=O)Nc2ccccc2N)cc1. The van der Waals surface area contributed by atoms with Gasteiger partial charge in [0.05, 0.1) is 17.9 Å². The van der Waals surface area contributed by atoms with Crippen LogP contribution in [0.1, 0.15) is 17.3 Å². The average molecular weight is 417 g/mol. The predicted octanol–water partition coefficient (Wildman–Crippen LogP) is 4.42. The Bertz CT molecular complexity index is 1060. The third-order valence-electron chi connectivity index (χ3n) is 4.17. The Labute approximate surface area is 180 Å². The summed E-state index contributed by atoms with van der Waals surface area (Å²) in [6, 6.07) is 23.1. The van der Waals surface area contributed by atoms with Gasteiger partial charge in [-0.3, -0.25) is 9.59 Å². The Hall–Kier alpha value is -4.26. The number of esters is 1. The zero-order valence-corrected chi connectivity index (χ0v) is 17.0. The number of carbonyl (C=O) groups excluding carboxylic acids is 2. The Morgan fingerprint density at radius 1 is 0.935 bits per heavy atom. The molecule has 3 rings (SSSR count). The van der Waals surface area contributed by atoms with Crippen LogP contribution in [-0.4, -0.2) is 18.4 Å². The Morgan fingerprint density at radius 2 is 1.61 bits per heavy atom. The number of anilines is 3. The summed E-state index contributed by atoms with van der Waals surface area (Å²) in [7, 11) is 0. The molecule has 4 N–H and O–H groups in total. The van der Waals surface area contributed by atoms with Gasteiger partial charge in [0.25, 0.3) is 5.91 Å². The van der Waals surface area contributed by atoms with Gasteiger partial charge < -0.3 is 25.8 Å². The van der Waals surface area contributed by atoms with Crippen LogP contribution in [0.3, 0.4) is 0 Å². The van der Waals surface area contributed by atoms with E-state index >= 15 is 0 Å². The molecule has 0 saturated carbocycles. The fourth-order valence-corrected chi connectivity index (χ4v) is 2.65. The maximum absolute atomic E-state index is 12.4. The molecule has 3 aromatic carbocycles. The van der Waals surface area contributed by atoms with Crippen molar-refractivity contribution in [3.05, 3.63) is 96.4 Å². The third-order valence-corrected chi connectivity index (χ3v) is 4.17. The molecule has 0 saturated heterocycles. The summed E-state index contributed by atoms with van der Waals surface area (Å²) in [5.41, 5.74) is 8.14. The van der Waals surface area contributed by atoms with Gasteiger partial charge in [0, 0.05) is 18.2 Å². The molecule has 0 unspecified atom stereocenters. The van der Waals surface area contributed by atoms with E-state index in [1.54, 1.807) is 60.7 Å². The number of carbonyl (C=O) groups is 2. The van der Waals surface area contributed by atoms with E-state index in [2.05, 4.69) is 10.6 Å². The van der Waals surface area contributed by atoms with Crippen LogP contribution < -0.4 is 21.1 Å². The Balaban J connectivity index is 1.60. The van der Waals surface area contributed by atoms with E-state index in [0.29, 0.717) is 28.4 Å². The van der Waals surface area contributed by atoms with Crippen molar-refractivity contribution in [1.82, 2.24) is 0 Å². The summed E-state index contributed by atoms with van der Waals surface area (Å²) in [4.78, 5) is 23.8. The molecule has 0 aliphatic carbocycles. The molecule has 31 heavy (non-hydrogen) atoms. The number of para-hydroxylation sites is 3. The lowest BCUT2D eigenvalue weighted by Gasteiger charge is -2.11. The van der Waals surface area contributed by atoms with Crippen molar-refractivity contribution in [2.75, 3.05) is 22.9 Å². The van der Waals surface area contributed by atoms with Crippen molar-refractivity contribution in [3.8, 4) is 5.75 Å². The summed E-state index contributed by atoms with van der Waals surface area (Å²) in [5, 5.41) is 5.92. The van der Waals surface area contributed by atoms with E-state index in [1.807, 2.05) is 18.2 Å². The van der Waals surface area contributed by atoms with Crippen LogP contribution in [-0.2, 0) is 9.53 Å². The molecule has 0 heterocycles. The minimum Gasteiger partial charge on any atom is -0.461 e. The monoisotopic (exact) mass is 417 g/mol. The largest absolute Gasteiger partial charge is 0.461 e. The first-order chi connectivity index (χ1) is 15.0. The highest BCUT2D eigenvalue weighted by Gasteiger charge is 2.09. The maximum Gasteiger partial charge on any atom is 0.307 e. The van der Waals surface area contributed by atoms with Crippen LogP contribution in [0.4, 0.5) is 17.1 Å². The van der Waals surface area contributed by atoms with Crippen LogP contribution in [0, 0.1) is 0 Å². The fraction of sp³-hybridized carbons (Fsp3) is 0.0833. The van der Waals surface area contributed by atoms with Crippen molar-refractivity contribution < 1.29 is 19.1 Å². The number of hydrogen-bond acceptors (Lipinski definition) is 6. The lowest BCUT2D eigenvalue weighted by molar-refractivity contribution is -0.137. The summed E-state index contributed by atoms with van der Waals surface area (Å²) >= 11 is 0. The van der Waals surface area contributed by atoms with Gasteiger partial charge >= 0.3 is 5.97 Å².